The summed E-state index contributed by atoms with van der Waals surface area (Å²) in [6.07, 6.45) is 11.3. The van der Waals surface area contributed by atoms with Gasteiger partial charge in [0.1, 0.15) is 5.78 Å². The molecule has 0 radical (unpaired) electrons. The average Bonchev–Trinajstić information content (AvgIpc) is 3.43. The van der Waals surface area contributed by atoms with Crippen molar-refractivity contribution in [3.63, 3.8) is 0 Å². The van der Waals surface area contributed by atoms with E-state index in [1.807, 2.05) is 0 Å². The van der Waals surface area contributed by atoms with Crippen LogP contribution in [0.2, 0.25) is 0 Å². The highest BCUT2D eigenvalue weighted by Gasteiger charge is 2.71. The van der Waals surface area contributed by atoms with E-state index >= 15 is 0 Å². The van der Waals surface area contributed by atoms with E-state index in [1.165, 1.54) is 12.7 Å². The monoisotopic (exact) mass is 710 g/mol. The third-order valence-electron chi connectivity index (χ3n) is 16.9. The number of ketones is 1. The van der Waals surface area contributed by atoms with Gasteiger partial charge in [-0.2, -0.15) is 0 Å². The van der Waals surface area contributed by atoms with Crippen LogP contribution in [-0.4, -0.2) is 41.9 Å². The van der Waals surface area contributed by atoms with Gasteiger partial charge in [0, 0.05) is 24.3 Å². The molecule has 0 unspecified atom stereocenters. The Balaban J connectivity index is 1.43. The van der Waals surface area contributed by atoms with E-state index in [2.05, 4.69) is 67.3 Å². The van der Waals surface area contributed by atoms with Gasteiger partial charge in [-0.1, -0.05) is 60.6 Å². The highest BCUT2D eigenvalue weighted by Crippen LogP contribution is 2.77. The molecular weight excluding hydrogens is 638 g/mol. The number of allylic oxidation sites excluding steroid dienone is 1. The third-order valence-corrected chi connectivity index (χ3v) is 16.9. The van der Waals surface area contributed by atoms with Crippen molar-refractivity contribution in [3.8, 4) is 0 Å². The zero-order chi connectivity index (χ0) is 38.1. The first kappa shape index (κ1) is 40.0. The quantitative estimate of drug-likeness (QED) is 0.163. The number of ether oxygens (including phenoxy) is 1. The third kappa shape index (κ3) is 6.34. The first-order valence-corrected chi connectivity index (χ1v) is 20.3. The molecule has 1 amide bonds. The molecule has 7 heteroatoms. The molecule has 11 atom stereocenters. The Morgan fingerprint density at radius 3 is 2.14 bits per heavy atom. The highest BCUT2D eigenvalue weighted by atomic mass is 16.5. The lowest BCUT2D eigenvalue weighted by Crippen LogP contribution is -2.68. The second-order valence-electron chi connectivity index (χ2n) is 20.7. The molecule has 0 aromatic rings. The number of carboxylic acid groups (broad SMARTS) is 1. The lowest BCUT2D eigenvalue weighted by Gasteiger charge is -2.73. The molecule has 288 valence electrons. The Labute approximate surface area is 309 Å². The number of methoxy groups -OCH3 is 1. The molecule has 0 saturated heterocycles. The lowest BCUT2D eigenvalue weighted by atomic mass is 9.32. The van der Waals surface area contributed by atoms with Gasteiger partial charge in [-0.3, -0.25) is 19.2 Å². The topological polar surface area (TPSA) is 110 Å². The van der Waals surface area contributed by atoms with Crippen molar-refractivity contribution in [2.24, 2.45) is 73.9 Å². The van der Waals surface area contributed by atoms with Gasteiger partial charge >= 0.3 is 11.9 Å². The summed E-state index contributed by atoms with van der Waals surface area (Å²) < 4.78 is 5.22. The van der Waals surface area contributed by atoms with Crippen LogP contribution in [0.3, 0.4) is 0 Å². The van der Waals surface area contributed by atoms with Crippen LogP contribution in [0, 0.1) is 73.9 Å². The first-order valence-electron chi connectivity index (χ1n) is 20.3. The van der Waals surface area contributed by atoms with Crippen LogP contribution in [0.5, 0.6) is 0 Å². The molecule has 0 spiro atoms. The number of carboxylic acids is 1. The maximum Gasteiger partial charge on any atom is 0.309 e. The van der Waals surface area contributed by atoms with Crippen LogP contribution in [-0.2, 0) is 23.9 Å². The fourth-order valence-electron chi connectivity index (χ4n) is 14.0. The van der Waals surface area contributed by atoms with Crippen molar-refractivity contribution in [2.45, 2.75) is 159 Å². The van der Waals surface area contributed by atoms with Crippen molar-refractivity contribution in [1.82, 2.24) is 5.32 Å². The predicted octanol–water partition coefficient (Wildman–Crippen LogP) is 9.42. The summed E-state index contributed by atoms with van der Waals surface area (Å²) in [5.41, 5.74) is -0.0521. The molecule has 2 N–H and O–H groups in total. The van der Waals surface area contributed by atoms with Crippen LogP contribution >= 0.6 is 0 Å². The molecule has 7 nitrogen and oxygen atoms in total. The molecule has 0 bridgehead atoms. The number of esters is 1. The maximum atomic E-state index is 14.8. The number of Topliss-reactive ketones (excluding diaryl/α,β-unsaturated/α-hetero) is 1. The molecule has 0 aromatic carbocycles. The van der Waals surface area contributed by atoms with Gasteiger partial charge in [0.05, 0.1) is 18.4 Å². The van der Waals surface area contributed by atoms with Gasteiger partial charge in [-0.05, 0) is 149 Å². The number of fused-ring (bicyclic) bond motifs is 7. The summed E-state index contributed by atoms with van der Waals surface area (Å²) in [6, 6.07) is 0.0181. The van der Waals surface area contributed by atoms with Gasteiger partial charge < -0.3 is 15.2 Å². The maximum absolute atomic E-state index is 14.8. The predicted molar refractivity (Wildman–Crippen MR) is 202 cm³/mol. The molecule has 5 fully saturated rings. The van der Waals surface area contributed by atoms with Crippen molar-refractivity contribution < 1.29 is 29.0 Å². The molecule has 0 aromatic heterocycles. The molecule has 0 heterocycles. The van der Waals surface area contributed by atoms with E-state index in [-0.39, 0.29) is 64.3 Å². The molecule has 51 heavy (non-hydrogen) atoms. The van der Waals surface area contributed by atoms with E-state index in [1.54, 1.807) is 13.8 Å². The van der Waals surface area contributed by atoms with Crippen molar-refractivity contribution >= 4 is 23.6 Å². The number of carbonyl (C=O) groups is 4. The first-order chi connectivity index (χ1) is 23.5. The fourth-order valence-corrected chi connectivity index (χ4v) is 14.0. The fraction of sp³-hybridized carbons (Fsp3) is 0.864. The highest BCUT2D eigenvalue weighted by molar-refractivity contribution is 5.89. The molecule has 5 aliphatic carbocycles. The van der Waals surface area contributed by atoms with Gasteiger partial charge in [0.15, 0.2) is 0 Å². The summed E-state index contributed by atoms with van der Waals surface area (Å²) in [6.45, 7) is 26.6. The van der Waals surface area contributed by atoms with Crippen molar-refractivity contribution in [1.29, 1.82) is 0 Å². The second-order valence-corrected chi connectivity index (χ2v) is 20.7. The number of amides is 1. The average molecular weight is 710 g/mol. The van der Waals surface area contributed by atoms with Crippen LogP contribution in [0.1, 0.15) is 153 Å². The van der Waals surface area contributed by atoms with E-state index in [0.29, 0.717) is 41.8 Å². The second kappa shape index (κ2) is 13.6. The number of hydrogen-bond acceptors (Lipinski definition) is 5. The lowest BCUT2D eigenvalue weighted by molar-refractivity contribution is -0.238. The van der Waals surface area contributed by atoms with Crippen molar-refractivity contribution in [3.05, 3.63) is 12.2 Å². The Morgan fingerprint density at radius 2 is 1.55 bits per heavy atom. The van der Waals surface area contributed by atoms with Gasteiger partial charge in [0.25, 0.3) is 0 Å². The summed E-state index contributed by atoms with van der Waals surface area (Å²) in [5, 5.41) is 13.0. The number of aliphatic carboxylic acids is 1. The zero-order valence-corrected chi connectivity index (χ0v) is 34.0. The molecular formula is C44H71NO6. The van der Waals surface area contributed by atoms with Gasteiger partial charge in [-0.25, -0.2) is 0 Å². The smallest absolute Gasteiger partial charge is 0.309 e. The standard InChI is InChI=1S/C44H71NO6/c1-26(2)23-28(37(48)51-12)24-34(46)44-20-15-29(27(3)4)36(44)30-13-14-32-41(9)18-17-33(45-35(47)25-39(5,6)38(49)50)40(7,8)31(41)16-19-43(32,11)42(30,10)21-22-44/h26,28-33,36H,3,13-25H2,1-2,4-12H3,(H,45,47)(H,49,50)/t28-,29+,30-,31+,32-,33+,36-,41+,42-,43-,44-/m1/s1. The molecule has 5 saturated carbocycles. The molecule has 0 aliphatic heterocycles. The van der Waals surface area contributed by atoms with Crippen LogP contribution in [0.15, 0.2) is 12.2 Å². The Morgan fingerprint density at radius 1 is 0.882 bits per heavy atom. The number of nitrogens with one attached hydrogen (secondary N) is 1. The summed E-state index contributed by atoms with van der Waals surface area (Å²) >= 11 is 0. The largest absolute Gasteiger partial charge is 0.481 e. The molecule has 5 rings (SSSR count). The van der Waals surface area contributed by atoms with E-state index in [9.17, 15) is 24.3 Å². The minimum Gasteiger partial charge on any atom is -0.481 e. The minimum absolute atomic E-state index is 0.0181. The normalized spacial score (nSPS) is 40.5. The summed E-state index contributed by atoms with van der Waals surface area (Å²) in [4.78, 5) is 52.6. The summed E-state index contributed by atoms with van der Waals surface area (Å²) in [5.74, 6) is 0.888. The zero-order valence-electron chi connectivity index (χ0n) is 34.0. The van der Waals surface area contributed by atoms with E-state index in [0.717, 1.165) is 64.2 Å². The number of carbonyl (C=O) groups excluding carboxylic acids is 3. The van der Waals surface area contributed by atoms with E-state index < -0.39 is 16.8 Å². The van der Waals surface area contributed by atoms with Crippen LogP contribution in [0.25, 0.3) is 0 Å². The SMILES string of the molecule is C=C(C)[C@@H]1CC[C@]2(C(=O)C[C@@H](CC(C)C)C(=O)OC)CC[C@]3(C)[C@H](CC[C@@H]4[C@@]5(C)CC[C@H](NC(=O)CC(C)(C)C(=O)O)C(C)(C)[C@@H]5CC[C@]43C)[C@@H]12. The van der Waals surface area contributed by atoms with Crippen molar-refractivity contribution in [2.75, 3.05) is 7.11 Å². The number of rotatable bonds is 11. The van der Waals surface area contributed by atoms with Crippen LogP contribution < -0.4 is 5.32 Å². The Hall–Kier alpha value is -2.18. The van der Waals surface area contributed by atoms with Crippen LogP contribution in [0.4, 0.5) is 0 Å². The molecule has 5 aliphatic rings. The number of hydrogen-bond donors (Lipinski definition) is 2. The van der Waals surface area contributed by atoms with Gasteiger partial charge in [-0.15, -0.1) is 0 Å². The van der Waals surface area contributed by atoms with E-state index in [4.69, 9.17) is 4.74 Å². The Kier molecular flexibility index (Phi) is 10.7. The summed E-state index contributed by atoms with van der Waals surface area (Å²) in [7, 11) is 1.45. The Bertz CT molecular complexity index is 1410. The minimum atomic E-state index is -1.10. The van der Waals surface area contributed by atoms with Gasteiger partial charge in [0.2, 0.25) is 5.91 Å².